The van der Waals surface area contributed by atoms with Crippen molar-refractivity contribution >= 4 is 11.6 Å². The summed E-state index contributed by atoms with van der Waals surface area (Å²) in [4.78, 5) is 12.6. The van der Waals surface area contributed by atoms with Gasteiger partial charge >= 0.3 is 0 Å². The Kier molecular flexibility index (Phi) is 6.62. The van der Waals surface area contributed by atoms with Crippen molar-refractivity contribution in [3.8, 4) is 11.5 Å². The van der Waals surface area contributed by atoms with Crippen LogP contribution in [0.4, 0.5) is 5.69 Å². The third kappa shape index (κ3) is 5.61. The summed E-state index contributed by atoms with van der Waals surface area (Å²) in [5.74, 6) is 1.26. The molecule has 154 valence electrons. The predicted octanol–water partition coefficient (Wildman–Crippen LogP) is 5.08. The van der Waals surface area contributed by atoms with E-state index in [4.69, 9.17) is 14.2 Å². The molecule has 0 radical (unpaired) electrons. The molecule has 1 saturated heterocycles. The Morgan fingerprint density at radius 2 is 1.77 bits per heavy atom. The van der Waals surface area contributed by atoms with Gasteiger partial charge in [0, 0.05) is 23.9 Å². The first-order chi connectivity index (χ1) is 14.8. The molecule has 30 heavy (non-hydrogen) atoms. The van der Waals surface area contributed by atoms with Gasteiger partial charge in [-0.3, -0.25) is 4.79 Å². The molecular weight excluding hydrogens is 378 g/mol. The summed E-state index contributed by atoms with van der Waals surface area (Å²) in [5.41, 5.74) is 2.34. The maximum absolute atomic E-state index is 12.6. The molecule has 5 heteroatoms. The molecule has 1 aliphatic heterocycles. The summed E-state index contributed by atoms with van der Waals surface area (Å²) >= 11 is 0. The van der Waals surface area contributed by atoms with Gasteiger partial charge in [-0.1, -0.05) is 36.4 Å². The molecule has 1 atom stereocenters. The minimum Gasteiger partial charge on any atom is -0.491 e. The van der Waals surface area contributed by atoms with E-state index in [1.54, 1.807) is 12.1 Å². The van der Waals surface area contributed by atoms with Crippen LogP contribution in [0, 0.1) is 0 Å². The third-order valence-electron chi connectivity index (χ3n) is 4.92. The Labute approximate surface area is 176 Å². The highest BCUT2D eigenvalue weighted by molar-refractivity contribution is 6.04. The molecule has 0 bridgehead atoms. The fourth-order valence-corrected chi connectivity index (χ4v) is 3.28. The normalized spacial score (nSPS) is 15.5. The first kappa shape index (κ1) is 20.0. The number of nitrogens with one attached hydrogen (secondary N) is 1. The summed E-state index contributed by atoms with van der Waals surface area (Å²) in [6.07, 6.45) is 2.30. The zero-order chi connectivity index (χ0) is 20.6. The smallest absolute Gasteiger partial charge is 0.255 e. The summed E-state index contributed by atoms with van der Waals surface area (Å²) in [6.45, 7) is 1.83. The van der Waals surface area contributed by atoms with Crippen molar-refractivity contribution < 1.29 is 19.0 Å². The zero-order valence-electron chi connectivity index (χ0n) is 16.8. The van der Waals surface area contributed by atoms with Crippen LogP contribution in [-0.2, 0) is 11.3 Å². The second-order valence-electron chi connectivity index (χ2n) is 7.23. The van der Waals surface area contributed by atoms with Crippen LogP contribution in [0.5, 0.6) is 11.5 Å². The van der Waals surface area contributed by atoms with Gasteiger partial charge in [0.05, 0.1) is 6.10 Å². The molecule has 1 aliphatic rings. The van der Waals surface area contributed by atoms with Gasteiger partial charge in [-0.2, -0.15) is 0 Å². The Balaban J connectivity index is 1.30. The fourth-order valence-electron chi connectivity index (χ4n) is 3.28. The molecule has 4 rings (SSSR count). The first-order valence-electron chi connectivity index (χ1n) is 10.2. The number of carbonyl (C=O) groups excluding carboxylic acids is 1. The Morgan fingerprint density at radius 3 is 2.53 bits per heavy atom. The zero-order valence-corrected chi connectivity index (χ0v) is 16.8. The van der Waals surface area contributed by atoms with Gasteiger partial charge in [-0.15, -0.1) is 0 Å². The van der Waals surface area contributed by atoms with E-state index in [1.807, 2.05) is 66.7 Å². The SMILES string of the molecule is O=C(Nc1cccc(OCc2ccccc2)c1)c1ccc(OCC2CCCO2)cc1. The average Bonchev–Trinajstić information content (AvgIpc) is 3.31. The van der Waals surface area contributed by atoms with E-state index >= 15 is 0 Å². The van der Waals surface area contributed by atoms with Gasteiger partial charge in [0.15, 0.2) is 0 Å². The van der Waals surface area contributed by atoms with Crippen LogP contribution in [-0.4, -0.2) is 25.2 Å². The largest absolute Gasteiger partial charge is 0.491 e. The summed E-state index contributed by atoms with van der Waals surface area (Å²) in [5, 5.41) is 2.91. The van der Waals surface area contributed by atoms with Crippen LogP contribution in [0.15, 0.2) is 78.9 Å². The second kappa shape index (κ2) is 9.94. The van der Waals surface area contributed by atoms with Gasteiger partial charge < -0.3 is 19.5 Å². The highest BCUT2D eigenvalue weighted by Gasteiger charge is 2.16. The van der Waals surface area contributed by atoms with Gasteiger partial charge in [-0.05, 0) is 54.8 Å². The van der Waals surface area contributed by atoms with Crippen LogP contribution < -0.4 is 14.8 Å². The lowest BCUT2D eigenvalue weighted by Crippen LogP contribution is -2.16. The fraction of sp³-hybridized carbons (Fsp3) is 0.240. The van der Waals surface area contributed by atoms with E-state index < -0.39 is 0 Å². The molecular formula is C25H25NO4. The van der Waals surface area contributed by atoms with E-state index in [0.29, 0.717) is 30.2 Å². The molecule has 0 aliphatic carbocycles. The van der Waals surface area contributed by atoms with Crippen LogP contribution in [0.1, 0.15) is 28.8 Å². The number of benzene rings is 3. The maximum atomic E-state index is 12.6. The number of ether oxygens (including phenoxy) is 3. The van der Waals surface area contributed by atoms with E-state index in [2.05, 4.69) is 5.32 Å². The predicted molar refractivity (Wildman–Crippen MR) is 116 cm³/mol. The molecule has 1 unspecified atom stereocenters. The number of anilines is 1. The Hall–Kier alpha value is -3.31. The van der Waals surface area contributed by atoms with Crippen LogP contribution in [0.3, 0.4) is 0 Å². The number of amides is 1. The summed E-state index contributed by atoms with van der Waals surface area (Å²) in [6, 6.07) is 24.5. The number of hydrogen-bond acceptors (Lipinski definition) is 4. The first-order valence-corrected chi connectivity index (χ1v) is 10.2. The average molecular weight is 403 g/mol. The highest BCUT2D eigenvalue weighted by atomic mass is 16.5. The molecule has 3 aromatic carbocycles. The van der Waals surface area contributed by atoms with Crippen molar-refractivity contribution in [3.63, 3.8) is 0 Å². The van der Waals surface area contributed by atoms with Crippen molar-refractivity contribution in [3.05, 3.63) is 90.0 Å². The minimum absolute atomic E-state index is 0.171. The molecule has 1 amide bonds. The van der Waals surface area contributed by atoms with Gasteiger partial charge in [-0.25, -0.2) is 0 Å². The van der Waals surface area contributed by atoms with Crippen molar-refractivity contribution in [1.29, 1.82) is 0 Å². The standard InChI is InChI=1S/C25H25NO4/c27-25(20-11-13-22(14-12-20)30-18-24-10-5-15-28-24)26-21-8-4-9-23(16-21)29-17-19-6-2-1-3-7-19/h1-4,6-9,11-14,16,24H,5,10,15,17-18H2,(H,26,27). The summed E-state index contributed by atoms with van der Waals surface area (Å²) in [7, 11) is 0. The second-order valence-corrected chi connectivity index (χ2v) is 7.23. The van der Waals surface area contributed by atoms with E-state index in [9.17, 15) is 4.79 Å². The Bertz CT molecular complexity index is 950. The summed E-state index contributed by atoms with van der Waals surface area (Å²) < 4.78 is 17.1. The number of rotatable bonds is 8. The highest BCUT2D eigenvalue weighted by Crippen LogP contribution is 2.21. The van der Waals surface area contributed by atoms with Gasteiger partial charge in [0.2, 0.25) is 0 Å². The Morgan fingerprint density at radius 1 is 0.933 bits per heavy atom. The lowest BCUT2D eigenvalue weighted by atomic mass is 10.2. The van der Waals surface area contributed by atoms with Gasteiger partial charge in [0.1, 0.15) is 24.7 Å². The molecule has 0 aromatic heterocycles. The third-order valence-corrected chi connectivity index (χ3v) is 4.92. The minimum atomic E-state index is -0.180. The molecule has 1 fully saturated rings. The molecule has 5 nitrogen and oxygen atoms in total. The number of carbonyl (C=O) groups is 1. The topological polar surface area (TPSA) is 56.8 Å². The lowest BCUT2D eigenvalue weighted by Gasteiger charge is -2.12. The van der Waals surface area contributed by atoms with Crippen LogP contribution in [0.2, 0.25) is 0 Å². The van der Waals surface area contributed by atoms with Crippen molar-refractivity contribution in [2.24, 2.45) is 0 Å². The van der Waals surface area contributed by atoms with Gasteiger partial charge in [0.25, 0.3) is 5.91 Å². The van der Waals surface area contributed by atoms with E-state index in [1.165, 1.54) is 0 Å². The van der Waals surface area contributed by atoms with Crippen molar-refractivity contribution in [2.75, 3.05) is 18.5 Å². The van der Waals surface area contributed by atoms with E-state index in [-0.39, 0.29) is 12.0 Å². The quantitative estimate of drug-likeness (QED) is 0.570. The molecule has 3 aromatic rings. The molecule has 0 saturated carbocycles. The maximum Gasteiger partial charge on any atom is 0.255 e. The van der Waals surface area contributed by atoms with Crippen LogP contribution >= 0.6 is 0 Å². The molecule has 1 heterocycles. The van der Waals surface area contributed by atoms with E-state index in [0.717, 1.165) is 30.8 Å². The molecule has 1 N–H and O–H groups in total. The van der Waals surface area contributed by atoms with Crippen molar-refractivity contribution in [1.82, 2.24) is 0 Å². The van der Waals surface area contributed by atoms with Crippen LogP contribution in [0.25, 0.3) is 0 Å². The van der Waals surface area contributed by atoms with Crippen molar-refractivity contribution in [2.45, 2.75) is 25.6 Å². The number of hydrogen-bond donors (Lipinski definition) is 1. The monoisotopic (exact) mass is 403 g/mol. The lowest BCUT2D eigenvalue weighted by molar-refractivity contribution is 0.0679. The molecule has 0 spiro atoms.